The number of ether oxygens (including phenoxy) is 2. The van der Waals surface area contributed by atoms with Crippen molar-refractivity contribution < 1.29 is 14.3 Å². The van der Waals surface area contributed by atoms with Crippen LogP contribution in [0.3, 0.4) is 0 Å². The molecule has 1 aliphatic rings. The Balaban J connectivity index is 1.70. The number of aryl methyl sites for hydroxylation is 1. The van der Waals surface area contributed by atoms with Gasteiger partial charge in [0.2, 0.25) is 0 Å². The first-order chi connectivity index (χ1) is 12.2. The topological polar surface area (TPSA) is 85.4 Å². The van der Waals surface area contributed by atoms with Crippen LogP contribution in [0.4, 0.5) is 5.82 Å². The van der Waals surface area contributed by atoms with E-state index in [1.54, 1.807) is 31.6 Å². The highest BCUT2D eigenvalue weighted by Gasteiger charge is 2.30. The molecule has 1 saturated heterocycles. The van der Waals surface area contributed by atoms with Crippen LogP contribution in [-0.4, -0.2) is 48.3 Å². The second-order valence-corrected chi connectivity index (χ2v) is 5.88. The average molecular weight is 342 g/mol. The number of pyridine rings is 2. The zero-order valence-electron chi connectivity index (χ0n) is 14.4. The molecule has 0 aliphatic carbocycles. The highest BCUT2D eigenvalue weighted by molar-refractivity contribution is 5.98. The summed E-state index contributed by atoms with van der Waals surface area (Å²) in [6.45, 7) is 2.93. The maximum absolute atomic E-state index is 12.6. The molecule has 1 amide bonds. The number of hydrogen-bond donors (Lipinski definition) is 2. The lowest BCUT2D eigenvalue weighted by Crippen LogP contribution is -2.51. The first-order valence-electron chi connectivity index (χ1n) is 8.28. The lowest BCUT2D eigenvalue weighted by atomic mass is 10.1. The fourth-order valence-electron chi connectivity index (χ4n) is 2.73. The van der Waals surface area contributed by atoms with Crippen LogP contribution in [0, 0.1) is 6.92 Å². The van der Waals surface area contributed by atoms with Gasteiger partial charge in [-0.3, -0.25) is 9.78 Å². The molecule has 0 spiro atoms. The third-order valence-corrected chi connectivity index (χ3v) is 4.08. The summed E-state index contributed by atoms with van der Waals surface area (Å²) in [5.74, 6) is 1.03. The summed E-state index contributed by atoms with van der Waals surface area (Å²) in [6.07, 6.45) is 3.75. The van der Waals surface area contributed by atoms with E-state index >= 15 is 0 Å². The van der Waals surface area contributed by atoms with E-state index in [9.17, 15) is 4.79 Å². The van der Waals surface area contributed by atoms with Crippen molar-refractivity contribution in [3.05, 3.63) is 47.9 Å². The number of rotatable bonds is 5. The van der Waals surface area contributed by atoms with E-state index in [-0.39, 0.29) is 18.1 Å². The van der Waals surface area contributed by atoms with Gasteiger partial charge in [0.05, 0.1) is 24.4 Å². The average Bonchev–Trinajstić information content (AvgIpc) is 2.65. The molecule has 2 N–H and O–H groups in total. The summed E-state index contributed by atoms with van der Waals surface area (Å²) in [5, 5.41) is 5.98. The smallest absolute Gasteiger partial charge is 0.255 e. The molecule has 7 nitrogen and oxygen atoms in total. The maximum atomic E-state index is 12.6. The van der Waals surface area contributed by atoms with Crippen LogP contribution in [0.25, 0.3) is 0 Å². The van der Waals surface area contributed by atoms with Crippen LogP contribution in [-0.2, 0) is 4.74 Å². The van der Waals surface area contributed by atoms with Gasteiger partial charge in [0, 0.05) is 25.5 Å². The Morgan fingerprint density at radius 2 is 2.20 bits per heavy atom. The highest BCUT2D eigenvalue weighted by Crippen LogP contribution is 2.18. The van der Waals surface area contributed by atoms with E-state index < -0.39 is 0 Å². The number of nitrogens with zero attached hydrogens (tertiary/aromatic N) is 2. The lowest BCUT2D eigenvalue weighted by molar-refractivity contribution is -0.0136. The molecule has 2 atom stereocenters. The number of aromatic nitrogens is 2. The molecule has 1 aliphatic heterocycles. The Kier molecular flexibility index (Phi) is 5.45. The number of anilines is 1. The molecule has 0 aromatic carbocycles. The minimum atomic E-state index is -0.267. The van der Waals surface area contributed by atoms with E-state index in [0.29, 0.717) is 36.8 Å². The van der Waals surface area contributed by atoms with Gasteiger partial charge in [-0.2, -0.15) is 0 Å². The second-order valence-electron chi connectivity index (χ2n) is 5.88. The standard InChI is InChI=1S/C18H22N4O3/c1-12-5-6-13(10-21-12)25-16-11-24-9-7-15(16)22-18(23)14-4-3-8-20-17(14)19-2/h3-6,8,10,15-16H,7,9,11H2,1-2H3,(H,19,20)(H,22,23)/t15-,16+/m0/s1. The molecule has 132 valence electrons. The maximum Gasteiger partial charge on any atom is 0.255 e. The lowest BCUT2D eigenvalue weighted by Gasteiger charge is -2.32. The molecule has 3 heterocycles. The number of carbonyl (C=O) groups is 1. The molecule has 3 rings (SSSR count). The van der Waals surface area contributed by atoms with Crippen molar-refractivity contribution >= 4 is 11.7 Å². The number of hydrogen-bond acceptors (Lipinski definition) is 6. The Hall–Kier alpha value is -2.67. The highest BCUT2D eigenvalue weighted by atomic mass is 16.5. The van der Waals surface area contributed by atoms with Crippen LogP contribution in [0.15, 0.2) is 36.7 Å². The molecule has 2 aromatic heterocycles. The van der Waals surface area contributed by atoms with Crippen LogP contribution < -0.4 is 15.4 Å². The molecule has 0 radical (unpaired) electrons. The van der Waals surface area contributed by atoms with Gasteiger partial charge < -0.3 is 20.1 Å². The van der Waals surface area contributed by atoms with Gasteiger partial charge in [-0.25, -0.2) is 4.98 Å². The molecular formula is C18H22N4O3. The molecule has 0 saturated carbocycles. The first kappa shape index (κ1) is 17.2. The predicted octanol–water partition coefficient (Wildman–Crippen LogP) is 1.79. The summed E-state index contributed by atoms with van der Waals surface area (Å²) in [4.78, 5) is 21.0. The monoisotopic (exact) mass is 342 g/mol. The Bertz CT molecular complexity index is 721. The zero-order valence-corrected chi connectivity index (χ0v) is 14.4. The normalized spacial score (nSPS) is 19.9. The Morgan fingerprint density at radius 1 is 1.32 bits per heavy atom. The van der Waals surface area contributed by atoms with Gasteiger partial charge in [-0.1, -0.05) is 0 Å². The van der Waals surface area contributed by atoms with E-state index in [4.69, 9.17) is 9.47 Å². The summed E-state index contributed by atoms with van der Waals surface area (Å²) >= 11 is 0. The Labute approximate surface area is 146 Å². The van der Waals surface area contributed by atoms with Gasteiger partial charge >= 0.3 is 0 Å². The first-order valence-corrected chi connectivity index (χ1v) is 8.28. The number of nitrogens with one attached hydrogen (secondary N) is 2. The van der Waals surface area contributed by atoms with Gasteiger partial charge in [-0.05, 0) is 37.6 Å². The predicted molar refractivity (Wildman–Crippen MR) is 93.9 cm³/mol. The quantitative estimate of drug-likeness (QED) is 0.862. The van der Waals surface area contributed by atoms with Gasteiger partial charge in [0.15, 0.2) is 0 Å². The van der Waals surface area contributed by atoms with Crippen LogP contribution in [0.5, 0.6) is 5.75 Å². The molecular weight excluding hydrogens is 320 g/mol. The SMILES string of the molecule is CNc1ncccc1C(=O)N[C@H]1CCOC[C@H]1Oc1ccc(C)nc1. The van der Waals surface area contributed by atoms with E-state index in [1.807, 2.05) is 19.1 Å². The third kappa shape index (κ3) is 4.24. The summed E-state index contributed by atoms with van der Waals surface area (Å²) < 4.78 is 11.5. The van der Waals surface area contributed by atoms with E-state index in [1.165, 1.54) is 0 Å². The zero-order chi connectivity index (χ0) is 17.6. The van der Waals surface area contributed by atoms with Gasteiger partial charge in [0.25, 0.3) is 5.91 Å². The van der Waals surface area contributed by atoms with Crippen molar-refractivity contribution in [3.8, 4) is 5.75 Å². The fraction of sp³-hybridized carbons (Fsp3) is 0.389. The van der Waals surface area contributed by atoms with Crippen molar-refractivity contribution in [2.24, 2.45) is 0 Å². The van der Waals surface area contributed by atoms with E-state index in [2.05, 4.69) is 20.6 Å². The van der Waals surface area contributed by atoms with Crippen molar-refractivity contribution in [1.82, 2.24) is 15.3 Å². The van der Waals surface area contributed by atoms with Crippen molar-refractivity contribution in [1.29, 1.82) is 0 Å². The molecule has 7 heteroatoms. The number of amides is 1. The largest absolute Gasteiger partial charge is 0.484 e. The molecule has 2 aromatic rings. The summed E-state index contributed by atoms with van der Waals surface area (Å²) in [5.41, 5.74) is 1.43. The summed E-state index contributed by atoms with van der Waals surface area (Å²) in [6, 6.07) is 7.10. The van der Waals surface area contributed by atoms with Gasteiger partial charge in [-0.15, -0.1) is 0 Å². The van der Waals surface area contributed by atoms with Crippen molar-refractivity contribution in [3.63, 3.8) is 0 Å². The molecule has 0 bridgehead atoms. The number of carbonyl (C=O) groups excluding carboxylic acids is 1. The summed E-state index contributed by atoms with van der Waals surface area (Å²) in [7, 11) is 1.74. The third-order valence-electron chi connectivity index (χ3n) is 4.08. The minimum absolute atomic E-state index is 0.146. The van der Waals surface area contributed by atoms with E-state index in [0.717, 1.165) is 5.69 Å². The van der Waals surface area contributed by atoms with Gasteiger partial charge in [0.1, 0.15) is 17.7 Å². The fourth-order valence-corrected chi connectivity index (χ4v) is 2.73. The molecule has 1 fully saturated rings. The minimum Gasteiger partial charge on any atom is -0.484 e. The Morgan fingerprint density at radius 3 is 2.96 bits per heavy atom. The van der Waals surface area contributed by atoms with Crippen molar-refractivity contribution in [2.75, 3.05) is 25.6 Å². The van der Waals surface area contributed by atoms with Crippen molar-refractivity contribution in [2.45, 2.75) is 25.5 Å². The molecule has 0 unspecified atom stereocenters. The van der Waals surface area contributed by atoms with Crippen LogP contribution in [0.1, 0.15) is 22.5 Å². The van der Waals surface area contributed by atoms with Crippen LogP contribution in [0.2, 0.25) is 0 Å². The second kappa shape index (κ2) is 7.94. The molecule has 25 heavy (non-hydrogen) atoms. The van der Waals surface area contributed by atoms with Crippen LogP contribution >= 0.6 is 0 Å².